The topological polar surface area (TPSA) is 41.1 Å². The monoisotopic (exact) mass is 362 g/mol. The first kappa shape index (κ1) is 18.1. The molecule has 0 aliphatic heterocycles. The van der Waals surface area contributed by atoms with Gasteiger partial charge in [0.15, 0.2) is 0 Å². The van der Waals surface area contributed by atoms with Crippen molar-refractivity contribution in [2.75, 3.05) is 10.6 Å². The van der Waals surface area contributed by atoms with Gasteiger partial charge in [0, 0.05) is 28.1 Å². The zero-order chi connectivity index (χ0) is 18.5. The Hall–Kier alpha value is -2.72. The molecule has 3 nitrogen and oxygen atoms in total. The highest BCUT2D eigenvalue weighted by Gasteiger charge is 2.06. The molecule has 1 amide bonds. The van der Waals surface area contributed by atoms with Crippen molar-refractivity contribution in [2.45, 2.75) is 30.6 Å². The maximum absolute atomic E-state index is 11.1. The van der Waals surface area contributed by atoms with Gasteiger partial charge >= 0.3 is 0 Å². The summed E-state index contributed by atoms with van der Waals surface area (Å²) in [6.07, 6.45) is 0. The Morgan fingerprint density at radius 1 is 0.885 bits per heavy atom. The predicted octanol–water partition coefficient (Wildman–Crippen LogP) is 6.16. The van der Waals surface area contributed by atoms with E-state index in [4.69, 9.17) is 0 Å². The largest absolute Gasteiger partial charge is 0.354 e. The normalized spacial score (nSPS) is 10.4. The molecule has 0 fully saturated rings. The van der Waals surface area contributed by atoms with Crippen molar-refractivity contribution in [1.82, 2.24) is 0 Å². The SMILES string of the molecule is CC(=O)Nc1ccc(Sc2ccccc2Nc2ccc(C)cc2C)cc1. The number of amides is 1. The van der Waals surface area contributed by atoms with Crippen LogP contribution in [0.1, 0.15) is 18.1 Å². The molecule has 0 bridgehead atoms. The van der Waals surface area contributed by atoms with E-state index in [-0.39, 0.29) is 5.91 Å². The minimum atomic E-state index is -0.0617. The molecule has 0 radical (unpaired) electrons. The van der Waals surface area contributed by atoms with E-state index in [0.29, 0.717) is 0 Å². The first-order chi connectivity index (χ1) is 12.5. The van der Waals surface area contributed by atoms with Gasteiger partial charge in [-0.1, -0.05) is 41.6 Å². The highest BCUT2D eigenvalue weighted by Crippen LogP contribution is 2.35. The minimum absolute atomic E-state index is 0.0617. The van der Waals surface area contributed by atoms with Gasteiger partial charge in [-0.25, -0.2) is 0 Å². The standard InChI is InChI=1S/C22H22N2OS/c1-15-8-13-20(16(2)14-15)24-21-6-4-5-7-22(21)26-19-11-9-18(10-12-19)23-17(3)25/h4-14,24H,1-3H3,(H,23,25). The summed E-state index contributed by atoms with van der Waals surface area (Å²) in [7, 11) is 0. The Morgan fingerprint density at radius 2 is 1.62 bits per heavy atom. The Kier molecular flexibility index (Phi) is 5.64. The first-order valence-corrected chi connectivity index (χ1v) is 9.32. The summed E-state index contributed by atoms with van der Waals surface area (Å²) in [6, 6.07) is 22.6. The third kappa shape index (κ3) is 4.67. The van der Waals surface area contributed by atoms with Crippen LogP contribution in [0.3, 0.4) is 0 Å². The summed E-state index contributed by atoms with van der Waals surface area (Å²) in [5.74, 6) is -0.0617. The number of carbonyl (C=O) groups is 1. The third-order valence-corrected chi connectivity index (χ3v) is 5.02. The average molecular weight is 362 g/mol. The van der Waals surface area contributed by atoms with E-state index in [9.17, 15) is 4.79 Å². The lowest BCUT2D eigenvalue weighted by Gasteiger charge is -2.14. The molecule has 0 aromatic heterocycles. The molecule has 0 unspecified atom stereocenters. The second-order valence-corrected chi connectivity index (χ2v) is 7.36. The lowest BCUT2D eigenvalue weighted by Crippen LogP contribution is -2.05. The van der Waals surface area contributed by atoms with Crippen LogP contribution < -0.4 is 10.6 Å². The Morgan fingerprint density at radius 3 is 2.31 bits per heavy atom. The summed E-state index contributed by atoms with van der Waals surface area (Å²) in [4.78, 5) is 13.4. The highest BCUT2D eigenvalue weighted by atomic mass is 32.2. The maximum atomic E-state index is 11.1. The van der Waals surface area contributed by atoms with Gasteiger partial charge in [-0.2, -0.15) is 0 Å². The Bertz CT molecular complexity index is 920. The molecule has 2 N–H and O–H groups in total. The Balaban J connectivity index is 1.80. The summed E-state index contributed by atoms with van der Waals surface area (Å²) >= 11 is 1.69. The molecule has 0 aliphatic carbocycles. The van der Waals surface area contributed by atoms with Crippen LogP contribution >= 0.6 is 11.8 Å². The van der Waals surface area contributed by atoms with E-state index < -0.39 is 0 Å². The van der Waals surface area contributed by atoms with Crippen molar-refractivity contribution >= 4 is 34.7 Å². The van der Waals surface area contributed by atoms with E-state index in [0.717, 1.165) is 26.9 Å². The fourth-order valence-corrected chi connectivity index (χ4v) is 3.60. The Labute approximate surface area is 158 Å². The van der Waals surface area contributed by atoms with Crippen LogP contribution in [0.2, 0.25) is 0 Å². The van der Waals surface area contributed by atoms with E-state index in [1.807, 2.05) is 36.4 Å². The smallest absolute Gasteiger partial charge is 0.221 e. The van der Waals surface area contributed by atoms with Crippen LogP contribution in [0.5, 0.6) is 0 Å². The number of nitrogens with one attached hydrogen (secondary N) is 2. The predicted molar refractivity (Wildman–Crippen MR) is 111 cm³/mol. The van der Waals surface area contributed by atoms with Gasteiger partial charge in [0.1, 0.15) is 0 Å². The molecule has 3 aromatic rings. The van der Waals surface area contributed by atoms with E-state index in [1.54, 1.807) is 11.8 Å². The third-order valence-electron chi connectivity index (χ3n) is 3.94. The lowest BCUT2D eigenvalue weighted by molar-refractivity contribution is -0.114. The van der Waals surface area contributed by atoms with Crippen LogP contribution in [-0.4, -0.2) is 5.91 Å². The summed E-state index contributed by atoms with van der Waals surface area (Å²) in [5, 5.41) is 6.34. The molecule has 0 atom stereocenters. The fraction of sp³-hybridized carbons (Fsp3) is 0.136. The molecular formula is C22H22N2OS. The number of anilines is 3. The molecule has 4 heteroatoms. The van der Waals surface area contributed by atoms with Crippen LogP contribution in [0.4, 0.5) is 17.1 Å². The molecule has 3 rings (SSSR count). The van der Waals surface area contributed by atoms with Crippen molar-refractivity contribution in [2.24, 2.45) is 0 Å². The summed E-state index contributed by atoms with van der Waals surface area (Å²) in [6.45, 7) is 5.73. The van der Waals surface area contributed by atoms with Crippen LogP contribution in [0.15, 0.2) is 76.5 Å². The van der Waals surface area contributed by atoms with Gasteiger partial charge in [0.25, 0.3) is 0 Å². The van der Waals surface area contributed by atoms with Crippen molar-refractivity contribution in [1.29, 1.82) is 0 Å². The van der Waals surface area contributed by atoms with Gasteiger partial charge in [-0.05, 0) is 61.9 Å². The zero-order valence-electron chi connectivity index (χ0n) is 15.2. The van der Waals surface area contributed by atoms with Crippen molar-refractivity contribution in [3.05, 3.63) is 77.9 Å². The van der Waals surface area contributed by atoms with Crippen molar-refractivity contribution in [3.63, 3.8) is 0 Å². The van der Waals surface area contributed by atoms with Crippen LogP contribution in [0.25, 0.3) is 0 Å². The second kappa shape index (κ2) is 8.11. The second-order valence-electron chi connectivity index (χ2n) is 6.25. The van der Waals surface area contributed by atoms with E-state index in [2.05, 4.69) is 54.8 Å². The van der Waals surface area contributed by atoms with Gasteiger partial charge in [0.05, 0.1) is 5.69 Å². The number of para-hydroxylation sites is 1. The van der Waals surface area contributed by atoms with Crippen LogP contribution in [0, 0.1) is 13.8 Å². The number of carbonyl (C=O) groups excluding carboxylic acids is 1. The number of hydrogen-bond donors (Lipinski definition) is 2. The molecule has 0 heterocycles. The van der Waals surface area contributed by atoms with E-state index >= 15 is 0 Å². The number of benzene rings is 3. The fourth-order valence-electron chi connectivity index (χ4n) is 2.69. The molecule has 0 spiro atoms. The molecule has 0 saturated carbocycles. The number of aryl methyl sites for hydroxylation is 2. The molecule has 3 aromatic carbocycles. The molecule has 0 saturated heterocycles. The number of hydrogen-bond acceptors (Lipinski definition) is 3. The molecular weight excluding hydrogens is 340 g/mol. The lowest BCUT2D eigenvalue weighted by atomic mass is 10.1. The van der Waals surface area contributed by atoms with Gasteiger partial charge in [-0.15, -0.1) is 0 Å². The maximum Gasteiger partial charge on any atom is 0.221 e. The van der Waals surface area contributed by atoms with Gasteiger partial charge in [0.2, 0.25) is 5.91 Å². The van der Waals surface area contributed by atoms with Crippen molar-refractivity contribution < 1.29 is 4.79 Å². The average Bonchev–Trinajstić information content (AvgIpc) is 2.60. The number of rotatable bonds is 5. The van der Waals surface area contributed by atoms with Crippen LogP contribution in [-0.2, 0) is 4.79 Å². The van der Waals surface area contributed by atoms with Gasteiger partial charge < -0.3 is 10.6 Å². The first-order valence-electron chi connectivity index (χ1n) is 8.50. The summed E-state index contributed by atoms with van der Waals surface area (Å²) < 4.78 is 0. The molecule has 26 heavy (non-hydrogen) atoms. The molecule has 0 aliphatic rings. The van der Waals surface area contributed by atoms with Gasteiger partial charge in [-0.3, -0.25) is 4.79 Å². The van der Waals surface area contributed by atoms with Crippen molar-refractivity contribution in [3.8, 4) is 0 Å². The summed E-state index contributed by atoms with van der Waals surface area (Å²) in [5.41, 5.74) is 5.49. The quantitative estimate of drug-likeness (QED) is 0.571. The van der Waals surface area contributed by atoms with E-state index in [1.165, 1.54) is 18.1 Å². The molecule has 132 valence electrons. The highest BCUT2D eigenvalue weighted by molar-refractivity contribution is 7.99. The minimum Gasteiger partial charge on any atom is -0.354 e. The zero-order valence-corrected chi connectivity index (χ0v) is 16.0.